The smallest absolute Gasteiger partial charge is 0.415 e. The number of benzene rings is 1. The second-order valence-corrected chi connectivity index (χ2v) is 4.95. The van der Waals surface area contributed by atoms with Gasteiger partial charge in [-0.15, -0.1) is 0 Å². The molecule has 1 saturated heterocycles. The SMILES string of the molecule is CCc1ccc(N2CC(C)(CNC)OC2=O)cc1. The summed E-state index contributed by atoms with van der Waals surface area (Å²) < 4.78 is 5.44. The van der Waals surface area contributed by atoms with E-state index in [4.69, 9.17) is 4.74 Å². The minimum Gasteiger partial charge on any atom is -0.440 e. The molecule has 1 unspecified atom stereocenters. The largest absolute Gasteiger partial charge is 0.440 e. The lowest BCUT2D eigenvalue weighted by Gasteiger charge is -2.21. The Kier molecular flexibility index (Phi) is 3.57. The molecule has 2 rings (SSSR count). The fourth-order valence-corrected chi connectivity index (χ4v) is 2.27. The van der Waals surface area contributed by atoms with Gasteiger partial charge in [-0.2, -0.15) is 0 Å². The number of ether oxygens (including phenoxy) is 1. The predicted molar refractivity (Wildman–Crippen MR) is 72.0 cm³/mol. The van der Waals surface area contributed by atoms with Gasteiger partial charge in [-0.05, 0) is 38.1 Å². The molecule has 1 aromatic carbocycles. The van der Waals surface area contributed by atoms with Crippen LogP contribution in [0.3, 0.4) is 0 Å². The number of amides is 1. The lowest BCUT2D eigenvalue weighted by molar-refractivity contribution is 0.0734. The van der Waals surface area contributed by atoms with Crippen molar-refractivity contribution in [2.75, 3.05) is 25.0 Å². The molecule has 1 heterocycles. The summed E-state index contributed by atoms with van der Waals surface area (Å²) in [6.45, 7) is 5.30. The quantitative estimate of drug-likeness (QED) is 0.888. The van der Waals surface area contributed by atoms with Gasteiger partial charge in [0.25, 0.3) is 0 Å². The molecule has 0 aliphatic carbocycles. The van der Waals surface area contributed by atoms with Crippen LogP contribution < -0.4 is 10.2 Å². The van der Waals surface area contributed by atoms with Gasteiger partial charge in [0, 0.05) is 12.2 Å². The van der Waals surface area contributed by atoms with Gasteiger partial charge in [-0.3, -0.25) is 4.90 Å². The Labute approximate surface area is 108 Å². The Bertz CT molecular complexity index is 430. The first-order valence-electron chi connectivity index (χ1n) is 6.32. The Morgan fingerprint density at radius 1 is 1.39 bits per heavy atom. The maximum atomic E-state index is 11.9. The van der Waals surface area contributed by atoms with Crippen LogP contribution in [0.1, 0.15) is 19.4 Å². The molecule has 1 N–H and O–H groups in total. The third kappa shape index (κ3) is 2.48. The Morgan fingerprint density at radius 3 is 2.61 bits per heavy atom. The van der Waals surface area contributed by atoms with E-state index in [1.807, 2.05) is 26.1 Å². The van der Waals surface area contributed by atoms with Gasteiger partial charge < -0.3 is 10.1 Å². The summed E-state index contributed by atoms with van der Waals surface area (Å²) in [7, 11) is 1.86. The van der Waals surface area contributed by atoms with Crippen molar-refractivity contribution in [3.05, 3.63) is 29.8 Å². The Morgan fingerprint density at radius 2 is 2.06 bits per heavy atom. The van der Waals surface area contributed by atoms with Gasteiger partial charge >= 0.3 is 6.09 Å². The molecule has 98 valence electrons. The highest BCUT2D eigenvalue weighted by Crippen LogP contribution is 2.27. The number of carbonyl (C=O) groups is 1. The van der Waals surface area contributed by atoms with Crippen LogP contribution in [-0.2, 0) is 11.2 Å². The van der Waals surface area contributed by atoms with Crippen molar-refractivity contribution in [1.29, 1.82) is 0 Å². The van der Waals surface area contributed by atoms with Gasteiger partial charge in [-0.1, -0.05) is 19.1 Å². The summed E-state index contributed by atoms with van der Waals surface area (Å²) in [4.78, 5) is 13.6. The van der Waals surface area contributed by atoms with Gasteiger partial charge in [0.15, 0.2) is 0 Å². The zero-order valence-electron chi connectivity index (χ0n) is 11.2. The third-order valence-corrected chi connectivity index (χ3v) is 3.25. The van der Waals surface area contributed by atoms with Crippen molar-refractivity contribution in [2.24, 2.45) is 0 Å². The molecule has 18 heavy (non-hydrogen) atoms. The Balaban J connectivity index is 2.16. The molecule has 1 amide bonds. The first-order chi connectivity index (χ1) is 8.58. The van der Waals surface area contributed by atoms with E-state index >= 15 is 0 Å². The van der Waals surface area contributed by atoms with E-state index in [0.29, 0.717) is 13.1 Å². The average Bonchev–Trinajstić information content (AvgIpc) is 2.65. The summed E-state index contributed by atoms with van der Waals surface area (Å²) in [6.07, 6.45) is 0.736. The molecular formula is C14H20N2O2. The van der Waals surface area contributed by atoms with Gasteiger partial charge in [-0.25, -0.2) is 4.79 Å². The lowest BCUT2D eigenvalue weighted by atomic mass is 10.1. The van der Waals surface area contributed by atoms with Crippen molar-refractivity contribution in [3.8, 4) is 0 Å². The predicted octanol–water partition coefficient (Wildman–Crippen LogP) is 2.18. The van der Waals surface area contributed by atoms with Crippen molar-refractivity contribution in [3.63, 3.8) is 0 Å². The lowest BCUT2D eigenvalue weighted by Crippen LogP contribution is -2.40. The zero-order chi connectivity index (χ0) is 13.2. The summed E-state index contributed by atoms with van der Waals surface area (Å²) in [5.74, 6) is 0. The molecule has 0 radical (unpaired) electrons. The minimum absolute atomic E-state index is 0.267. The number of aryl methyl sites for hydroxylation is 1. The van der Waals surface area contributed by atoms with Crippen LogP contribution in [0.15, 0.2) is 24.3 Å². The zero-order valence-corrected chi connectivity index (χ0v) is 11.2. The molecule has 0 spiro atoms. The highest BCUT2D eigenvalue weighted by Gasteiger charge is 2.41. The molecule has 1 aliphatic rings. The fourth-order valence-electron chi connectivity index (χ4n) is 2.27. The molecule has 0 aromatic heterocycles. The maximum absolute atomic E-state index is 11.9. The van der Waals surface area contributed by atoms with Crippen LogP contribution in [0.5, 0.6) is 0 Å². The van der Waals surface area contributed by atoms with Crippen molar-refractivity contribution < 1.29 is 9.53 Å². The van der Waals surface area contributed by atoms with E-state index in [-0.39, 0.29) is 6.09 Å². The summed E-state index contributed by atoms with van der Waals surface area (Å²) in [6, 6.07) is 8.06. The van der Waals surface area contributed by atoms with Crippen LogP contribution in [0.25, 0.3) is 0 Å². The normalized spacial score (nSPS) is 23.3. The molecule has 1 aromatic rings. The highest BCUT2D eigenvalue weighted by molar-refractivity contribution is 5.90. The molecule has 1 aliphatic heterocycles. The number of hydrogen-bond acceptors (Lipinski definition) is 3. The summed E-state index contributed by atoms with van der Waals surface area (Å²) in [5.41, 5.74) is 1.72. The molecular weight excluding hydrogens is 228 g/mol. The first-order valence-corrected chi connectivity index (χ1v) is 6.32. The number of cyclic esters (lactones) is 1. The second kappa shape index (κ2) is 4.98. The minimum atomic E-state index is -0.449. The van der Waals surface area contributed by atoms with Crippen LogP contribution in [0.4, 0.5) is 10.5 Å². The molecule has 1 fully saturated rings. The molecule has 0 bridgehead atoms. The number of nitrogens with one attached hydrogen (secondary N) is 1. The van der Waals surface area contributed by atoms with E-state index in [9.17, 15) is 4.79 Å². The number of rotatable bonds is 4. The average molecular weight is 248 g/mol. The number of hydrogen-bond donors (Lipinski definition) is 1. The van der Waals surface area contributed by atoms with E-state index in [1.165, 1.54) is 5.56 Å². The van der Waals surface area contributed by atoms with E-state index < -0.39 is 5.60 Å². The standard InChI is InChI=1S/C14H20N2O2/c1-4-11-5-7-12(8-6-11)16-10-14(2,9-15-3)18-13(16)17/h5-8,15H,4,9-10H2,1-3H3. The number of likely N-dealkylation sites (N-methyl/N-ethyl adjacent to an activating group) is 1. The van der Waals surface area contributed by atoms with Crippen molar-refractivity contribution in [1.82, 2.24) is 5.32 Å². The van der Waals surface area contributed by atoms with Crippen LogP contribution in [-0.4, -0.2) is 31.8 Å². The molecule has 0 saturated carbocycles. The summed E-state index contributed by atoms with van der Waals surface area (Å²) >= 11 is 0. The second-order valence-electron chi connectivity index (χ2n) is 4.95. The first kappa shape index (κ1) is 12.9. The monoisotopic (exact) mass is 248 g/mol. The van der Waals surface area contributed by atoms with E-state index in [2.05, 4.69) is 24.4 Å². The number of nitrogens with zero attached hydrogens (tertiary/aromatic N) is 1. The van der Waals surface area contributed by atoms with Gasteiger partial charge in [0.2, 0.25) is 0 Å². The van der Waals surface area contributed by atoms with Crippen molar-refractivity contribution in [2.45, 2.75) is 25.9 Å². The highest BCUT2D eigenvalue weighted by atomic mass is 16.6. The topological polar surface area (TPSA) is 41.6 Å². The molecule has 4 heteroatoms. The van der Waals surface area contributed by atoms with Crippen molar-refractivity contribution >= 4 is 11.8 Å². The van der Waals surface area contributed by atoms with E-state index in [0.717, 1.165) is 12.1 Å². The van der Waals surface area contributed by atoms with Crippen LogP contribution in [0.2, 0.25) is 0 Å². The molecule has 1 atom stereocenters. The fraction of sp³-hybridized carbons (Fsp3) is 0.500. The maximum Gasteiger partial charge on any atom is 0.415 e. The Hall–Kier alpha value is -1.55. The van der Waals surface area contributed by atoms with E-state index in [1.54, 1.807) is 4.90 Å². The number of anilines is 1. The number of carbonyl (C=O) groups excluding carboxylic acids is 1. The van der Waals surface area contributed by atoms with Crippen LogP contribution in [0, 0.1) is 0 Å². The molecule has 4 nitrogen and oxygen atoms in total. The van der Waals surface area contributed by atoms with Crippen LogP contribution >= 0.6 is 0 Å². The summed E-state index contributed by atoms with van der Waals surface area (Å²) in [5, 5.41) is 3.06. The van der Waals surface area contributed by atoms with Gasteiger partial charge in [0.1, 0.15) is 5.60 Å². The third-order valence-electron chi connectivity index (χ3n) is 3.25. The van der Waals surface area contributed by atoms with Gasteiger partial charge in [0.05, 0.1) is 6.54 Å².